The molecule has 1 N–H and O–H groups in total. The second-order valence-electron chi connectivity index (χ2n) is 12.4. The maximum atomic E-state index is 13.2. The molecule has 6 rings (SSSR count). The molecule has 1 fully saturated rings. The Balaban J connectivity index is 1.62. The number of hydrogen-bond donors (Lipinski definition) is 1. The van der Waals surface area contributed by atoms with E-state index < -0.39 is 11.6 Å². The number of aromatic amines is 1. The van der Waals surface area contributed by atoms with E-state index in [1.165, 1.54) is 31.0 Å². The molecule has 1 saturated carbocycles. The van der Waals surface area contributed by atoms with Crippen molar-refractivity contribution in [2.75, 3.05) is 13.7 Å². The van der Waals surface area contributed by atoms with Gasteiger partial charge in [-0.1, -0.05) is 25.3 Å². The number of H-pyrrole nitrogens is 1. The molecule has 2 aromatic heterocycles. The van der Waals surface area contributed by atoms with Gasteiger partial charge in [0.25, 0.3) is 0 Å². The number of methoxy groups -OCH3 is 1. The summed E-state index contributed by atoms with van der Waals surface area (Å²) in [6.07, 6.45) is 9.52. The van der Waals surface area contributed by atoms with E-state index in [9.17, 15) is 9.59 Å². The quantitative estimate of drug-likeness (QED) is 0.234. The highest BCUT2D eigenvalue weighted by atomic mass is 16.6. The van der Waals surface area contributed by atoms with Gasteiger partial charge in [0.2, 0.25) is 0 Å². The van der Waals surface area contributed by atoms with Gasteiger partial charge in [0, 0.05) is 16.5 Å². The van der Waals surface area contributed by atoms with Crippen molar-refractivity contribution in [3.63, 3.8) is 0 Å². The van der Waals surface area contributed by atoms with E-state index in [1.807, 2.05) is 45.0 Å². The number of carbonyl (C=O) groups excluding carboxylic acids is 2. The lowest BCUT2D eigenvalue weighted by Gasteiger charge is -2.24. The molecule has 43 heavy (non-hydrogen) atoms. The van der Waals surface area contributed by atoms with Crippen molar-refractivity contribution in [2.45, 2.75) is 77.9 Å². The summed E-state index contributed by atoms with van der Waals surface area (Å²) >= 11 is 0. The maximum absolute atomic E-state index is 13.2. The molecule has 2 aromatic carbocycles. The van der Waals surface area contributed by atoms with Gasteiger partial charge in [0.05, 0.1) is 43.4 Å². The lowest BCUT2D eigenvalue weighted by molar-refractivity contribution is 0.00694. The summed E-state index contributed by atoms with van der Waals surface area (Å²) in [5.41, 5.74) is 7.29. The first-order chi connectivity index (χ1) is 20.7. The Hall–Kier alpha value is -4.33. The van der Waals surface area contributed by atoms with Crippen molar-refractivity contribution < 1.29 is 23.8 Å². The zero-order chi connectivity index (χ0) is 30.3. The monoisotopic (exact) mass is 581 g/mol. The van der Waals surface area contributed by atoms with E-state index in [4.69, 9.17) is 14.2 Å². The average Bonchev–Trinajstić information content (AvgIpc) is 3.55. The molecule has 4 aromatic rings. The van der Waals surface area contributed by atoms with Gasteiger partial charge in [-0.05, 0) is 99.6 Å². The third-order valence-electron chi connectivity index (χ3n) is 8.38. The molecule has 0 spiro atoms. The molecule has 0 atom stereocenters. The van der Waals surface area contributed by atoms with Gasteiger partial charge in [-0.3, -0.25) is 5.10 Å². The summed E-state index contributed by atoms with van der Waals surface area (Å²) < 4.78 is 19.0. The Morgan fingerprint density at radius 3 is 2.56 bits per heavy atom. The van der Waals surface area contributed by atoms with E-state index in [0.717, 1.165) is 51.9 Å². The smallest absolute Gasteiger partial charge is 0.341 e. The van der Waals surface area contributed by atoms with Crippen molar-refractivity contribution in [2.24, 2.45) is 0 Å². The van der Waals surface area contributed by atoms with Crippen molar-refractivity contribution in [3.05, 3.63) is 70.5 Å². The first-order valence-electron chi connectivity index (χ1n) is 15.2. The number of nitrogens with one attached hydrogen (secondary N) is 1. The van der Waals surface area contributed by atoms with E-state index in [-0.39, 0.29) is 12.6 Å². The highest BCUT2D eigenvalue weighted by Gasteiger charge is 2.31. The molecular weight excluding hydrogens is 542 g/mol. The van der Waals surface area contributed by atoms with E-state index in [1.54, 1.807) is 14.0 Å². The third kappa shape index (κ3) is 5.46. The van der Waals surface area contributed by atoms with Gasteiger partial charge in [-0.2, -0.15) is 5.10 Å². The fraction of sp³-hybridized carbons (Fsp3) is 0.400. The molecule has 3 heterocycles. The first-order valence-corrected chi connectivity index (χ1v) is 15.2. The molecule has 0 bridgehead atoms. The largest absolute Gasteiger partial charge is 0.497 e. The van der Waals surface area contributed by atoms with Gasteiger partial charge in [-0.15, -0.1) is 0 Å². The van der Waals surface area contributed by atoms with Crippen molar-refractivity contribution in [1.82, 2.24) is 14.8 Å². The molecule has 8 heteroatoms. The first kappa shape index (κ1) is 28.8. The van der Waals surface area contributed by atoms with Gasteiger partial charge in [0.1, 0.15) is 16.9 Å². The van der Waals surface area contributed by atoms with Gasteiger partial charge in [-0.25, -0.2) is 9.59 Å². The van der Waals surface area contributed by atoms with Crippen LogP contribution in [0.25, 0.3) is 33.8 Å². The Morgan fingerprint density at radius 2 is 1.84 bits per heavy atom. The minimum atomic E-state index is -0.604. The Labute approximate surface area is 252 Å². The predicted molar refractivity (Wildman–Crippen MR) is 167 cm³/mol. The van der Waals surface area contributed by atoms with Gasteiger partial charge >= 0.3 is 11.9 Å². The number of rotatable bonds is 6. The molecule has 0 radical (unpaired) electrons. The van der Waals surface area contributed by atoms with Crippen molar-refractivity contribution in [3.8, 4) is 17.0 Å². The number of nitrogens with zero attached hydrogens (tertiary/aromatic N) is 2. The van der Waals surface area contributed by atoms with Crippen LogP contribution in [-0.2, 0) is 16.0 Å². The summed E-state index contributed by atoms with van der Waals surface area (Å²) in [6.45, 7) is 8.15. The second kappa shape index (κ2) is 11.4. The predicted octanol–water partition coefficient (Wildman–Crippen LogP) is 7.77. The average molecular weight is 582 g/mol. The van der Waals surface area contributed by atoms with Gasteiger partial charge < -0.3 is 18.8 Å². The fourth-order valence-corrected chi connectivity index (χ4v) is 6.55. The van der Waals surface area contributed by atoms with Gasteiger partial charge in [0.15, 0.2) is 0 Å². The van der Waals surface area contributed by atoms with Crippen LogP contribution < -0.4 is 4.74 Å². The molecule has 224 valence electrons. The van der Waals surface area contributed by atoms with Crippen molar-refractivity contribution in [1.29, 1.82) is 0 Å². The topological polar surface area (TPSA) is 95.4 Å². The third-order valence-corrected chi connectivity index (χ3v) is 8.38. The molecule has 1 aliphatic carbocycles. The number of benzene rings is 2. The Morgan fingerprint density at radius 1 is 1.05 bits per heavy atom. The lowest BCUT2D eigenvalue weighted by atomic mass is 9.81. The van der Waals surface area contributed by atoms with Crippen LogP contribution in [0.2, 0.25) is 0 Å². The number of esters is 2. The zero-order valence-corrected chi connectivity index (χ0v) is 25.6. The number of ether oxygens (including phenoxy) is 3. The molecule has 0 unspecified atom stereocenters. The molecular formula is C35H39N3O5. The summed E-state index contributed by atoms with van der Waals surface area (Å²) in [6, 6.07) is 12.1. The standard InChI is InChI=1S/C35H39N3O5/c1-6-42-34(40)28-19-36-37-31(28)24-16-23-17-25(41-5)13-15-26(23)32-30(21-10-8-7-9-11-21)27-14-12-22(18-29(27)38(32)20-24)33(39)43-35(2,3)4/h12-19,21H,6-11,20H2,1-5H3,(H,36,37). The number of hydrogen-bond acceptors (Lipinski definition) is 6. The maximum Gasteiger partial charge on any atom is 0.341 e. The summed E-state index contributed by atoms with van der Waals surface area (Å²) in [5.74, 6) is 0.381. The normalized spacial score (nSPS) is 15.3. The van der Waals surface area contributed by atoms with Crippen LogP contribution >= 0.6 is 0 Å². The fourth-order valence-electron chi connectivity index (χ4n) is 6.55. The van der Waals surface area contributed by atoms with Crippen LogP contribution in [0, 0.1) is 0 Å². The highest BCUT2D eigenvalue weighted by Crippen LogP contribution is 2.48. The minimum Gasteiger partial charge on any atom is -0.497 e. The number of fused-ring (bicyclic) bond motifs is 5. The SMILES string of the molecule is CCOC(=O)c1cn[nH]c1C1=Cc2cc(OC)ccc2-c2c(C3CCCCC3)c3ccc(C(=O)OC(C)(C)C)cc3n2C1. The Kier molecular flexibility index (Phi) is 7.63. The van der Waals surface area contributed by atoms with Crippen LogP contribution in [0.5, 0.6) is 5.75 Å². The number of allylic oxidation sites excluding steroid dienone is 1. The van der Waals surface area contributed by atoms with Crippen LogP contribution in [-0.4, -0.2) is 46.0 Å². The van der Waals surface area contributed by atoms with E-state index in [2.05, 4.69) is 33.0 Å². The van der Waals surface area contributed by atoms with E-state index >= 15 is 0 Å². The number of aromatic nitrogens is 3. The van der Waals surface area contributed by atoms with Crippen molar-refractivity contribution >= 4 is 34.5 Å². The molecule has 2 aliphatic rings. The van der Waals surface area contributed by atoms with Crippen LogP contribution in [0.4, 0.5) is 0 Å². The second-order valence-corrected chi connectivity index (χ2v) is 12.4. The van der Waals surface area contributed by atoms with E-state index in [0.29, 0.717) is 29.3 Å². The highest BCUT2D eigenvalue weighted by molar-refractivity contribution is 6.03. The Bertz CT molecular complexity index is 1730. The summed E-state index contributed by atoms with van der Waals surface area (Å²) in [7, 11) is 1.67. The molecule has 0 amide bonds. The van der Waals surface area contributed by atoms with Crippen LogP contribution in [0.15, 0.2) is 42.6 Å². The number of carbonyl (C=O) groups is 2. The zero-order valence-electron chi connectivity index (χ0n) is 25.6. The molecule has 8 nitrogen and oxygen atoms in total. The minimum absolute atomic E-state index is 0.271. The van der Waals surface area contributed by atoms with Crippen LogP contribution in [0.3, 0.4) is 0 Å². The molecule has 0 saturated heterocycles. The summed E-state index contributed by atoms with van der Waals surface area (Å²) in [5, 5.41) is 8.44. The lowest BCUT2D eigenvalue weighted by Crippen LogP contribution is -2.23. The summed E-state index contributed by atoms with van der Waals surface area (Å²) in [4.78, 5) is 26.1. The van der Waals surface area contributed by atoms with Crippen LogP contribution in [0.1, 0.15) is 103 Å². The molecule has 1 aliphatic heterocycles.